The summed E-state index contributed by atoms with van der Waals surface area (Å²) in [6.45, 7) is 11.4. The largest absolute Gasteiger partial charge is 1.00 e. The van der Waals surface area contributed by atoms with Crippen LogP contribution in [0, 0.1) is 0 Å². The molecule has 0 N–H and O–H groups in total. The molecular weight excluding hydrogens is 519 g/mol. The van der Waals surface area contributed by atoms with E-state index in [1.165, 1.54) is 22.3 Å². The van der Waals surface area contributed by atoms with Crippen molar-refractivity contribution in [1.82, 2.24) is 0 Å². The van der Waals surface area contributed by atoms with Gasteiger partial charge in [0.2, 0.25) is 0 Å². The third kappa shape index (κ3) is 5.33. The van der Waals surface area contributed by atoms with E-state index >= 15 is 0 Å². The second kappa shape index (κ2) is 10.6. The third-order valence-corrected chi connectivity index (χ3v) is 10.6. The van der Waals surface area contributed by atoms with Gasteiger partial charge in [0, 0.05) is 0 Å². The van der Waals surface area contributed by atoms with E-state index in [1.807, 2.05) is 0 Å². The van der Waals surface area contributed by atoms with Crippen LogP contribution in [0.25, 0.3) is 12.2 Å². The monoisotopic (exact) mass is 547 g/mol. The van der Waals surface area contributed by atoms with Gasteiger partial charge < -0.3 is 24.8 Å². The van der Waals surface area contributed by atoms with E-state index in [-0.39, 0.29) is 34.0 Å². The number of allylic oxidation sites excluding steroid dienone is 1. The molecule has 0 amide bonds. The molecule has 2 aliphatic rings. The number of fused-ring (bicyclic) bond motifs is 2. The molecule has 0 aliphatic heterocycles. The van der Waals surface area contributed by atoms with Crippen molar-refractivity contribution in [3.8, 4) is 0 Å². The van der Waals surface area contributed by atoms with E-state index in [1.54, 1.807) is 5.57 Å². The van der Waals surface area contributed by atoms with Crippen molar-refractivity contribution >= 4 is 24.2 Å². The summed E-state index contributed by atoms with van der Waals surface area (Å²) >= 11 is -0.809. The molecule has 2 aliphatic carbocycles. The van der Waals surface area contributed by atoms with E-state index in [2.05, 4.69) is 104 Å². The molecule has 3 unspecified atom stereocenters. The van der Waals surface area contributed by atoms with Crippen molar-refractivity contribution in [2.24, 2.45) is 0 Å². The van der Waals surface area contributed by atoms with Crippen LogP contribution in [0.5, 0.6) is 0 Å². The van der Waals surface area contributed by atoms with Crippen molar-refractivity contribution in [3.63, 3.8) is 0 Å². The van der Waals surface area contributed by atoms with Gasteiger partial charge in [-0.05, 0) is 0 Å². The summed E-state index contributed by atoms with van der Waals surface area (Å²) in [5.41, 5.74) is 7.41. The Balaban J connectivity index is 0.00000171. The molecule has 0 radical (unpaired) electrons. The average Bonchev–Trinajstić information content (AvgIpc) is 3.19. The van der Waals surface area contributed by atoms with Crippen LogP contribution >= 0.6 is 0 Å². The van der Waals surface area contributed by atoms with Gasteiger partial charge in [-0.15, -0.1) is 0 Å². The minimum absolute atomic E-state index is 0. The number of benzene rings is 2. The number of halogens is 2. The van der Waals surface area contributed by atoms with Crippen molar-refractivity contribution in [1.29, 1.82) is 0 Å². The molecule has 31 heavy (non-hydrogen) atoms. The average molecular weight is 550 g/mol. The van der Waals surface area contributed by atoms with Gasteiger partial charge in [-0.3, -0.25) is 0 Å². The molecule has 0 bridgehead atoms. The minimum atomic E-state index is -1.55. The van der Waals surface area contributed by atoms with Crippen LogP contribution in [0.1, 0.15) is 48.4 Å². The van der Waals surface area contributed by atoms with Crippen molar-refractivity contribution in [2.75, 3.05) is 0 Å². The van der Waals surface area contributed by atoms with Crippen LogP contribution in [0.4, 0.5) is 0 Å². The Morgan fingerprint density at radius 1 is 1.03 bits per heavy atom. The number of rotatable bonds is 6. The fourth-order valence-electron chi connectivity index (χ4n) is 5.11. The summed E-state index contributed by atoms with van der Waals surface area (Å²) in [6.07, 6.45) is 8.67. The molecule has 0 saturated heterocycles. The molecule has 3 atom stereocenters. The predicted octanol–water partition coefficient (Wildman–Crippen LogP) is 0.632. The van der Waals surface area contributed by atoms with Crippen LogP contribution in [-0.2, 0) is 30.3 Å². The smallest absolute Gasteiger partial charge is 1.00 e. The molecule has 2 aromatic rings. The quantitative estimate of drug-likeness (QED) is 0.481. The molecule has 0 aromatic heterocycles. The first kappa shape index (κ1) is 26.7. The van der Waals surface area contributed by atoms with Crippen molar-refractivity contribution < 1.29 is 52.0 Å². The maximum atomic E-state index is 6.46. The second-order valence-electron chi connectivity index (χ2n) is 9.25. The fraction of sp³-hybridized carbons (Fsp3) is 0.346. The van der Waals surface area contributed by atoms with Crippen LogP contribution in [0.15, 0.2) is 60.2 Å². The van der Waals surface area contributed by atoms with Crippen LogP contribution in [0.3, 0.4) is 0 Å². The van der Waals surface area contributed by atoms with E-state index in [0.717, 1.165) is 6.42 Å². The molecule has 5 heteroatoms. The van der Waals surface area contributed by atoms with E-state index < -0.39 is 31.1 Å². The Labute approximate surface area is 212 Å². The summed E-state index contributed by atoms with van der Waals surface area (Å²) in [5, 5.41) is 0. The van der Waals surface area contributed by atoms with Gasteiger partial charge >= 0.3 is 189 Å². The summed E-state index contributed by atoms with van der Waals surface area (Å²) in [7, 11) is -1.55. The predicted molar refractivity (Wildman–Crippen MR) is 125 cm³/mol. The van der Waals surface area contributed by atoms with Crippen LogP contribution in [0.2, 0.25) is 19.6 Å². The summed E-state index contributed by atoms with van der Waals surface area (Å²) in [6, 6.07) is 18.1. The van der Waals surface area contributed by atoms with Crippen LogP contribution in [-0.4, -0.2) is 18.1 Å². The zero-order valence-electron chi connectivity index (χ0n) is 19.0. The summed E-state index contributed by atoms with van der Waals surface area (Å²) < 4.78 is 9.13. The Kier molecular flexibility index (Phi) is 9.10. The number of hydrogen-bond donors (Lipinski definition) is 0. The summed E-state index contributed by atoms with van der Waals surface area (Å²) in [5.74, 6) is 0.439. The van der Waals surface area contributed by atoms with Crippen molar-refractivity contribution in [2.45, 2.75) is 55.1 Å². The second-order valence-corrected chi connectivity index (χ2v) is 17.9. The molecule has 4 rings (SSSR count). The molecule has 0 fully saturated rings. The Bertz CT molecular complexity index is 1010. The van der Waals surface area contributed by atoms with Gasteiger partial charge in [0.15, 0.2) is 0 Å². The SMILES string of the molecule is C[CH]=[Zr+2][C]1(C2C(CC(C)O[Si](C)(C)C)=Cc3ccccc32)C=Cc2ccccc21.[Cl-].[Cl-]. The van der Waals surface area contributed by atoms with E-state index in [0.29, 0.717) is 5.92 Å². The maximum Gasteiger partial charge on any atom is -1.00 e. The van der Waals surface area contributed by atoms with Gasteiger partial charge in [-0.1, -0.05) is 0 Å². The van der Waals surface area contributed by atoms with E-state index in [4.69, 9.17) is 4.43 Å². The number of hydrogen-bond acceptors (Lipinski definition) is 1. The molecular formula is C26H31Cl2OSiZr. The molecule has 0 heterocycles. The maximum absolute atomic E-state index is 6.46. The standard InChI is InChI=1S/C24H27OSi.C2H4.2ClH.Zr/c1-17(25-26(2,3)4)15-20-16-19-10-6-8-12-22(19)24(20)23-14-13-18-9-5-7-11-21(18)23;1-2;;;/h5-14,16-17,24H,15H2,1-4H3;1H,2H3;2*1H;/q;;;;+2/p-2. The normalized spacial score (nSPS) is 22.1. The topological polar surface area (TPSA) is 9.23 Å². The minimum Gasteiger partial charge on any atom is -1.00 e. The first-order valence-electron chi connectivity index (χ1n) is 10.7. The zero-order valence-corrected chi connectivity index (χ0v) is 23.9. The Morgan fingerprint density at radius 2 is 1.68 bits per heavy atom. The fourth-order valence-corrected chi connectivity index (χ4v) is 10.2. The Hall–Kier alpha value is -0.570. The molecule has 0 spiro atoms. The summed E-state index contributed by atoms with van der Waals surface area (Å²) in [4.78, 5) is 0. The molecule has 1 nitrogen and oxygen atoms in total. The molecule has 2 aromatic carbocycles. The van der Waals surface area contributed by atoms with Crippen molar-refractivity contribution in [3.05, 3.63) is 82.4 Å². The molecule has 163 valence electrons. The van der Waals surface area contributed by atoms with Crippen LogP contribution < -0.4 is 24.8 Å². The van der Waals surface area contributed by atoms with E-state index in [9.17, 15) is 0 Å². The zero-order chi connectivity index (χ0) is 20.6. The van der Waals surface area contributed by atoms with Gasteiger partial charge in [-0.25, -0.2) is 0 Å². The third-order valence-electron chi connectivity index (χ3n) is 5.87. The Morgan fingerprint density at radius 3 is 2.35 bits per heavy atom. The van der Waals surface area contributed by atoms with Gasteiger partial charge in [0.05, 0.1) is 0 Å². The first-order chi connectivity index (χ1) is 13.8. The van der Waals surface area contributed by atoms with Gasteiger partial charge in [-0.2, -0.15) is 0 Å². The van der Waals surface area contributed by atoms with Gasteiger partial charge in [0.25, 0.3) is 0 Å². The first-order valence-corrected chi connectivity index (χ1v) is 16.7. The van der Waals surface area contributed by atoms with Gasteiger partial charge in [0.1, 0.15) is 0 Å². The molecule has 0 saturated carbocycles.